The molecule has 304 valence electrons. The fourth-order valence-electron chi connectivity index (χ4n) is 11.2. The summed E-state index contributed by atoms with van der Waals surface area (Å²) in [6, 6.07) is 78.7. The number of ether oxygens (including phenoxy) is 2. The first-order valence-electron chi connectivity index (χ1n) is 22.2. The van der Waals surface area contributed by atoms with Crippen LogP contribution in [-0.2, 0) is 5.41 Å². The van der Waals surface area contributed by atoms with Crippen molar-refractivity contribution in [2.24, 2.45) is 0 Å². The van der Waals surface area contributed by atoms with E-state index in [9.17, 15) is 0 Å². The molecule has 0 N–H and O–H groups in total. The van der Waals surface area contributed by atoms with Crippen LogP contribution in [-0.4, -0.2) is 0 Å². The van der Waals surface area contributed by atoms with Gasteiger partial charge in [0.15, 0.2) is 23.0 Å². The highest BCUT2D eigenvalue weighted by molar-refractivity contribution is 6.05. The van der Waals surface area contributed by atoms with Crippen LogP contribution < -0.4 is 19.3 Å². The first kappa shape index (κ1) is 35.9. The van der Waals surface area contributed by atoms with Crippen LogP contribution in [0.25, 0.3) is 45.2 Å². The predicted octanol–water partition coefficient (Wildman–Crippen LogP) is 16.5. The number of nitrogens with zero attached hydrogens (tertiary/aromatic N) is 2. The van der Waals surface area contributed by atoms with Gasteiger partial charge in [0.2, 0.25) is 0 Å². The Labute approximate surface area is 377 Å². The van der Waals surface area contributed by atoms with Gasteiger partial charge in [0.1, 0.15) is 0 Å². The number of benzene rings is 10. The lowest BCUT2D eigenvalue weighted by molar-refractivity contribution is 0.477. The third kappa shape index (κ3) is 5.08. The lowest BCUT2D eigenvalue weighted by atomic mass is 9.70. The smallest absolute Gasteiger partial charge is 0.151 e. The highest BCUT2D eigenvalue weighted by Gasteiger charge is 2.52. The van der Waals surface area contributed by atoms with Crippen LogP contribution in [0.3, 0.4) is 0 Å². The zero-order valence-corrected chi connectivity index (χ0v) is 35.2. The number of fused-ring (bicyclic) bond motifs is 15. The molecule has 0 bridgehead atoms. The molecule has 0 unspecified atom stereocenters. The van der Waals surface area contributed by atoms with Gasteiger partial charge in [0, 0.05) is 11.1 Å². The van der Waals surface area contributed by atoms with Crippen molar-refractivity contribution in [3.05, 3.63) is 252 Å². The average Bonchev–Trinajstić information content (AvgIpc) is 3.83. The summed E-state index contributed by atoms with van der Waals surface area (Å²) in [6.07, 6.45) is 4.57. The summed E-state index contributed by atoms with van der Waals surface area (Å²) in [5.41, 5.74) is 18.4. The molecule has 4 nitrogen and oxygen atoms in total. The molecule has 10 aromatic rings. The number of para-hydroxylation sites is 8. The highest BCUT2D eigenvalue weighted by atomic mass is 16.5. The van der Waals surface area contributed by atoms with Crippen LogP contribution >= 0.6 is 0 Å². The van der Waals surface area contributed by atoms with E-state index in [0.717, 1.165) is 68.2 Å². The Kier molecular flexibility index (Phi) is 7.57. The van der Waals surface area contributed by atoms with E-state index in [1.807, 2.05) is 36.4 Å². The zero-order valence-electron chi connectivity index (χ0n) is 35.2. The van der Waals surface area contributed by atoms with Crippen molar-refractivity contribution < 1.29 is 9.47 Å². The molecule has 0 saturated heterocycles. The van der Waals surface area contributed by atoms with Crippen molar-refractivity contribution in [2.75, 3.05) is 9.80 Å². The van der Waals surface area contributed by atoms with Gasteiger partial charge in [-0.05, 0) is 134 Å². The minimum absolute atomic E-state index is 0.526. The summed E-state index contributed by atoms with van der Waals surface area (Å²) in [5.74, 6) is 3.38. The van der Waals surface area contributed by atoms with E-state index in [1.54, 1.807) is 0 Å². The minimum Gasteiger partial charge on any atom is -0.453 e. The first-order valence-corrected chi connectivity index (χ1v) is 22.2. The molecule has 0 saturated carbocycles. The molecular weight excluding hydrogens is 793 g/mol. The van der Waals surface area contributed by atoms with Crippen molar-refractivity contribution >= 4 is 57.0 Å². The van der Waals surface area contributed by atoms with Gasteiger partial charge in [-0.15, -0.1) is 0 Å². The normalized spacial score (nSPS) is 14.1. The molecule has 0 fully saturated rings. The van der Waals surface area contributed by atoms with Crippen LogP contribution in [0.2, 0.25) is 0 Å². The Hall–Kier alpha value is -8.60. The van der Waals surface area contributed by atoms with Crippen molar-refractivity contribution in [2.45, 2.75) is 5.41 Å². The molecule has 65 heavy (non-hydrogen) atoms. The van der Waals surface area contributed by atoms with Gasteiger partial charge < -0.3 is 19.3 Å². The number of hydrogen-bond donors (Lipinski definition) is 0. The lowest BCUT2D eigenvalue weighted by Crippen LogP contribution is -2.26. The van der Waals surface area contributed by atoms with Gasteiger partial charge in [-0.1, -0.05) is 158 Å². The standard InChI is InChI=1S/C61H38N2O2/c1-2-18-47-42(15-1)40(32-36-52(47)63-55-23-9-13-27-59(55)65-60-28-14-10-24-56(60)63)31-29-39-30-34-45-46-35-33-41(62-53-21-7-11-25-57(53)64-58-26-12-8-22-54(58)62)38-51(46)61(50(45)37-39)48-19-5-3-16-43(48)44-17-4-6-20-49(44)61/h1-38H/b31-29+. The molecule has 10 aromatic carbocycles. The molecule has 0 aromatic heterocycles. The summed E-state index contributed by atoms with van der Waals surface area (Å²) >= 11 is 0. The van der Waals surface area contributed by atoms with E-state index in [4.69, 9.17) is 9.47 Å². The fourth-order valence-corrected chi connectivity index (χ4v) is 11.2. The Bertz CT molecular complexity index is 3520. The maximum Gasteiger partial charge on any atom is 0.151 e. The summed E-state index contributed by atoms with van der Waals surface area (Å²) in [4.78, 5) is 4.69. The molecule has 2 aliphatic carbocycles. The SMILES string of the molecule is C(=C\c1ccc(N2c3ccccc3Oc3ccccc32)c2ccccc12)/c1ccc2c(c1)C1(c3ccccc3-c3ccccc31)c1cc(N3c4ccccc4Oc4ccccc43)ccc1-2. The molecular formula is C61H38N2O2. The number of rotatable bonds is 4. The van der Waals surface area contributed by atoms with E-state index < -0.39 is 5.41 Å². The quantitative estimate of drug-likeness (QED) is 0.165. The van der Waals surface area contributed by atoms with E-state index in [2.05, 4.69) is 204 Å². The lowest BCUT2D eigenvalue weighted by Gasteiger charge is -2.34. The second-order valence-corrected chi connectivity index (χ2v) is 17.2. The molecule has 2 aliphatic heterocycles. The van der Waals surface area contributed by atoms with Crippen molar-refractivity contribution in [1.29, 1.82) is 0 Å². The molecule has 1 spiro atoms. The van der Waals surface area contributed by atoms with Crippen LogP contribution in [0, 0.1) is 0 Å². The Balaban J connectivity index is 0.924. The minimum atomic E-state index is -0.526. The van der Waals surface area contributed by atoms with Crippen LogP contribution in [0.4, 0.5) is 34.1 Å². The second kappa shape index (κ2) is 13.7. The summed E-state index contributed by atoms with van der Waals surface area (Å²) in [6.45, 7) is 0. The Morgan fingerprint density at radius 1 is 0.323 bits per heavy atom. The Morgan fingerprint density at radius 3 is 1.38 bits per heavy atom. The maximum atomic E-state index is 6.45. The summed E-state index contributed by atoms with van der Waals surface area (Å²) in [5, 5.41) is 2.36. The molecule has 2 heterocycles. The zero-order chi connectivity index (χ0) is 42.6. The second-order valence-electron chi connectivity index (χ2n) is 17.2. The van der Waals surface area contributed by atoms with E-state index in [0.29, 0.717) is 0 Å². The highest BCUT2D eigenvalue weighted by Crippen LogP contribution is 2.64. The topological polar surface area (TPSA) is 24.9 Å². The maximum absolute atomic E-state index is 6.45. The summed E-state index contributed by atoms with van der Waals surface area (Å²) < 4.78 is 12.8. The van der Waals surface area contributed by atoms with E-state index in [-0.39, 0.29) is 0 Å². The van der Waals surface area contributed by atoms with Crippen LogP contribution in [0.15, 0.2) is 218 Å². The fraction of sp³-hybridized carbons (Fsp3) is 0.0164. The largest absolute Gasteiger partial charge is 0.453 e. The molecule has 0 radical (unpaired) electrons. The van der Waals surface area contributed by atoms with Crippen LogP contribution in [0.5, 0.6) is 23.0 Å². The van der Waals surface area contributed by atoms with Gasteiger partial charge >= 0.3 is 0 Å². The van der Waals surface area contributed by atoms with Gasteiger partial charge in [0.05, 0.1) is 33.9 Å². The summed E-state index contributed by atoms with van der Waals surface area (Å²) in [7, 11) is 0. The van der Waals surface area contributed by atoms with Crippen LogP contribution in [0.1, 0.15) is 33.4 Å². The van der Waals surface area contributed by atoms with Gasteiger partial charge in [0.25, 0.3) is 0 Å². The van der Waals surface area contributed by atoms with Gasteiger partial charge in [-0.2, -0.15) is 0 Å². The average molecular weight is 831 g/mol. The first-order chi connectivity index (χ1) is 32.2. The number of hydrogen-bond acceptors (Lipinski definition) is 4. The van der Waals surface area contributed by atoms with Crippen molar-refractivity contribution in [1.82, 2.24) is 0 Å². The predicted molar refractivity (Wildman–Crippen MR) is 265 cm³/mol. The Morgan fingerprint density at radius 2 is 0.785 bits per heavy atom. The number of anilines is 6. The molecule has 0 amide bonds. The van der Waals surface area contributed by atoms with E-state index >= 15 is 0 Å². The molecule has 4 heteroatoms. The van der Waals surface area contributed by atoms with Crippen molar-refractivity contribution in [3.8, 4) is 45.3 Å². The molecule has 14 rings (SSSR count). The third-order valence-corrected chi connectivity index (χ3v) is 13.9. The van der Waals surface area contributed by atoms with E-state index in [1.165, 1.54) is 55.3 Å². The third-order valence-electron chi connectivity index (χ3n) is 13.9. The van der Waals surface area contributed by atoms with Crippen molar-refractivity contribution in [3.63, 3.8) is 0 Å². The van der Waals surface area contributed by atoms with Gasteiger partial charge in [-0.3, -0.25) is 0 Å². The monoisotopic (exact) mass is 830 g/mol. The van der Waals surface area contributed by atoms with Gasteiger partial charge in [-0.25, -0.2) is 0 Å². The molecule has 0 atom stereocenters. The molecule has 4 aliphatic rings.